The summed E-state index contributed by atoms with van der Waals surface area (Å²) in [5, 5.41) is 9.11. The van der Waals surface area contributed by atoms with Gasteiger partial charge in [0.05, 0.1) is 5.56 Å². The molecule has 34 heavy (non-hydrogen) atoms. The maximum Gasteiger partial charge on any atom is 0.453 e. The highest BCUT2D eigenvalue weighted by Crippen LogP contribution is 2.41. The Balaban J connectivity index is 1.35. The summed E-state index contributed by atoms with van der Waals surface area (Å²) < 4.78 is 66.0. The molecule has 1 aliphatic rings. The molecule has 1 aliphatic heterocycles. The summed E-state index contributed by atoms with van der Waals surface area (Å²) in [6.45, 7) is 5.38. The van der Waals surface area contributed by atoms with Crippen LogP contribution >= 0.6 is 0 Å². The molecule has 0 aliphatic carbocycles. The lowest BCUT2D eigenvalue weighted by Crippen LogP contribution is -2.45. The molecule has 2 aromatic carbocycles. The van der Waals surface area contributed by atoms with Gasteiger partial charge in [-0.1, -0.05) is 30.3 Å². The van der Waals surface area contributed by atoms with E-state index in [4.69, 9.17) is 5.11 Å². The van der Waals surface area contributed by atoms with Crippen molar-refractivity contribution in [2.24, 2.45) is 0 Å². The van der Waals surface area contributed by atoms with Gasteiger partial charge in [0.15, 0.2) is 0 Å². The minimum absolute atomic E-state index is 0.288. The van der Waals surface area contributed by atoms with Crippen LogP contribution in [0.2, 0.25) is 0 Å². The number of hydrogen-bond acceptors (Lipinski definition) is 4. The van der Waals surface area contributed by atoms with Crippen LogP contribution < -0.4 is 0 Å². The van der Waals surface area contributed by atoms with Gasteiger partial charge in [-0.2, -0.15) is 17.6 Å². The zero-order valence-corrected chi connectivity index (χ0v) is 18.3. The van der Waals surface area contributed by atoms with Crippen molar-refractivity contribution in [3.8, 4) is 11.1 Å². The third-order valence-electron chi connectivity index (χ3n) is 6.02. The number of aromatic nitrogens is 1. The number of benzene rings is 2. The molecule has 0 bridgehead atoms. The van der Waals surface area contributed by atoms with Crippen LogP contribution in [0.5, 0.6) is 0 Å². The van der Waals surface area contributed by atoms with Gasteiger partial charge in [-0.05, 0) is 46.5 Å². The Labute approximate surface area is 194 Å². The van der Waals surface area contributed by atoms with Crippen LogP contribution in [0.3, 0.4) is 0 Å². The van der Waals surface area contributed by atoms with Crippen LogP contribution in [0.1, 0.15) is 16.7 Å². The number of nitrogens with zero attached hydrogens (tertiary/aromatic N) is 3. The minimum atomic E-state index is -5.64. The Kier molecular flexibility index (Phi) is 6.97. The molecule has 0 radical (unpaired) electrons. The van der Waals surface area contributed by atoms with Gasteiger partial charge < -0.3 is 5.11 Å². The van der Waals surface area contributed by atoms with Crippen molar-refractivity contribution in [3.63, 3.8) is 0 Å². The van der Waals surface area contributed by atoms with Crippen molar-refractivity contribution in [2.45, 2.75) is 25.1 Å². The number of aliphatic hydroxyl groups is 1. The standard InChI is InChI=1S/C25H24F5N3O/c26-23-15-21(5-6-22(23)24(27,34)25(28,29)30)20-3-1-18(2-4-20)16-32-11-13-33(14-12-32)17-19-7-9-31-10-8-19/h1-10,15,34H,11-14,16-17H2. The lowest BCUT2D eigenvalue weighted by Gasteiger charge is -2.34. The van der Waals surface area contributed by atoms with Crippen molar-refractivity contribution in [1.29, 1.82) is 0 Å². The van der Waals surface area contributed by atoms with Gasteiger partial charge in [0.2, 0.25) is 0 Å². The Morgan fingerprint density at radius 3 is 1.74 bits per heavy atom. The summed E-state index contributed by atoms with van der Waals surface area (Å²) in [6, 6.07) is 13.9. The zero-order chi connectivity index (χ0) is 24.3. The maximum atomic E-state index is 14.2. The number of alkyl halides is 4. The summed E-state index contributed by atoms with van der Waals surface area (Å²) in [5.74, 6) is -6.21. The maximum absolute atomic E-state index is 14.2. The third kappa shape index (κ3) is 5.43. The van der Waals surface area contributed by atoms with Gasteiger partial charge in [-0.3, -0.25) is 14.8 Å². The van der Waals surface area contributed by atoms with Crippen LogP contribution in [0.4, 0.5) is 22.0 Å². The smallest absolute Gasteiger partial charge is 0.351 e. The molecule has 0 saturated carbocycles. The number of halogens is 5. The molecule has 0 spiro atoms. The van der Waals surface area contributed by atoms with E-state index in [1.165, 1.54) is 5.56 Å². The molecule has 1 aromatic heterocycles. The predicted octanol–water partition coefficient (Wildman–Crippen LogP) is 4.88. The second-order valence-corrected chi connectivity index (χ2v) is 8.42. The first-order valence-electron chi connectivity index (χ1n) is 10.8. The molecule has 1 fully saturated rings. The fraction of sp³-hybridized carbons (Fsp3) is 0.320. The van der Waals surface area contributed by atoms with E-state index in [2.05, 4.69) is 14.8 Å². The Morgan fingerprint density at radius 2 is 1.24 bits per heavy atom. The lowest BCUT2D eigenvalue weighted by atomic mass is 9.99. The average molecular weight is 477 g/mol. The molecule has 9 heteroatoms. The van der Waals surface area contributed by atoms with E-state index in [-0.39, 0.29) is 5.56 Å². The molecule has 1 saturated heterocycles. The van der Waals surface area contributed by atoms with Gasteiger partial charge in [0.25, 0.3) is 0 Å². The molecular weight excluding hydrogens is 453 g/mol. The first-order chi connectivity index (χ1) is 16.1. The molecule has 0 amide bonds. The summed E-state index contributed by atoms with van der Waals surface area (Å²) in [4.78, 5) is 8.77. The monoisotopic (exact) mass is 477 g/mol. The van der Waals surface area contributed by atoms with Crippen LogP contribution in [-0.4, -0.2) is 52.2 Å². The number of piperazine rings is 1. The number of hydrogen-bond donors (Lipinski definition) is 1. The molecule has 2 heterocycles. The van der Waals surface area contributed by atoms with Crippen LogP contribution in [0, 0.1) is 5.82 Å². The van der Waals surface area contributed by atoms with E-state index in [0.717, 1.165) is 57.0 Å². The van der Waals surface area contributed by atoms with E-state index >= 15 is 0 Å². The number of pyridine rings is 1. The summed E-state index contributed by atoms with van der Waals surface area (Å²) in [7, 11) is 0. The van der Waals surface area contributed by atoms with E-state index in [1.54, 1.807) is 24.5 Å². The molecular formula is C25H24F5N3O. The van der Waals surface area contributed by atoms with Gasteiger partial charge in [-0.25, -0.2) is 4.39 Å². The molecule has 180 valence electrons. The summed E-state index contributed by atoms with van der Waals surface area (Å²) in [5.41, 5.74) is 1.70. The fourth-order valence-corrected chi connectivity index (χ4v) is 4.03. The van der Waals surface area contributed by atoms with E-state index in [0.29, 0.717) is 11.6 Å². The molecule has 3 aromatic rings. The average Bonchev–Trinajstić information content (AvgIpc) is 2.80. The summed E-state index contributed by atoms with van der Waals surface area (Å²) >= 11 is 0. The minimum Gasteiger partial charge on any atom is -0.351 e. The molecule has 4 nitrogen and oxygen atoms in total. The third-order valence-corrected chi connectivity index (χ3v) is 6.02. The van der Waals surface area contributed by atoms with Crippen LogP contribution in [0.15, 0.2) is 67.0 Å². The molecule has 1 atom stereocenters. The molecule has 1 N–H and O–H groups in total. The van der Waals surface area contributed by atoms with E-state index < -0.39 is 23.4 Å². The zero-order valence-electron chi connectivity index (χ0n) is 18.3. The quantitative estimate of drug-likeness (QED) is 0.514. The molecule has 1 unspecified atom stereocenters. The Hall–Kier alpha value is -2.88. The second kappa shape index (κ2) is 9.77. The first kappa shape index (κ1) is 24.3. The largest absolute Gasteiger partial charge is 0.453 e. The first-order valence-corrected chi connectivity index (χ1v) is 10.8. The van der Waals surface area contributed by atoms with E-state index in [1.807, 2.05) is 24.3 Å². The van der Waals surface area contributed by atoms with Crippen LogP contribution in [0.25, 0.3) is 11.1 Å². The van der Waals surface area contributed by atoms with Crippen molar-refractivity contribution in [2.75, 3.05) is 26.2 Å². The van der Waals surface area contributed by atoms with Crippen molar-refractivity contribution in [1.82, 2.24) is 14.8 Å². The normalized spacial score (nSPS) is 17.5. The topological polar surface area (TPSA) is 39.6 Å². The Bertz CT molecular complexity index is 1100. The molecule has 4 rings (SSSR count). The highest BCUT2D eigenvalue weighted by atomic mass is 19.4. The lowest BCUT2D eigenvalue weighted by molar-refractivity contribution is -0.324. The second-order valence-electron chi connectivity index (χ2n) is 8.42. The van der Waals surface area contributed by atoms with Gasteiger partial charge >= 0.3 is 12.0 Å². The van der Waals surface area contributed by atoms with Crippen LogP contribution in [-0.2, 0) is 18.9 Å². The highest BCUT2D eigenvalue weighted by molar-refractivity contribution is 5.64. The summed E-state index contributed by atoms with van der Waals surface area (Å²) in [6.07, 6.45) is -2.05. The van der Waals surface area contributed by atoms with Gasteiger partial charge in [0, 0.05) is 51.7 Å². The SMILES string of the molecule is OC(F)(c1ccc(-c2ccc(CN3CCN(Cc4ccncc4)CC3)cc2)cc1F)C(F)(F)F. The Morgan fingerprint density at radius 1 is 0.735 bits per heavy atom. The van der Waals surface area contributed by atoms with Crippen molar-refractivity contribution in [3.05, 3.63) is 89.5 Å². The van der Waals surface area contributed by atoms with E-state index in [9.17, 15) is 22.0 Å². The van der Waals surface area contributed by atoms with Crippen molar-refractivity contribution < 1.29 is 27.1 Å². The number of rotatable bonds is 6. The predicted molar refractivity (Wildman–Crippen MR) is 118 cm³/mol. The fourth-order valence-electron chi connectivity index (χ4n) is 4.03. The van der Waals surface area contributed by atoms with Gasteiger partial charge in [-0.15, -0.1) is 0 Å². The van der Waals surface area contributed by atoms with Gasteiger partial charge in [0.1, 0.15) is 5.82 Å². The van der Waals surface area contributed by atoms with Crippen molar-refractivity contribution >= 4 is 0 Å². The highest BCUT2D eigenvalue weighted by Gasteiger charge is 2.57.